The summed E-state index contributed by atoms with van der Waals surface area (Å²) >= 11 is 0. The summed E-state index contributed by atoms with van der Waals surface area (Å²) in [5.41, 5.74) is 0. The average molecular weight is 760 g/mol. The number of likely N-dealkylation sites (tertiary alicyclic amines) is 1. The molecule has 11 heteroatoms. The molecule has 3 rings (SSSR count). The van der Waals surface area contributed by atoms with Gasteiger partial charge in [0, 0.05) is 44.9 Å². The van der Waals surface area contributed by atoms with Crippen LogP contribution in [0, 0.1) is 35.5 Å². The molecule has 1 amide bonds. The van der Waals surface area contributed by atoms with Crippen LogP contribution in [-0.2, 0) is 38.1 Å². The first-order valence-corrected chi connectivity index (χ1v) is 20.2. The lowest BCUT2D eigenvalue weighted by Gasteiger charge is -2.43. The first-order valence-electron chi connectivity index (χ1n) is 20.2. The lowest BCUT2D eigenvalue weighted by atomic mass is 9.74. The van der Waals surface area contributed by atoms with E-state index < -0.39 is 65.7 Å². The average Bonchev–Trinajstić information content (AvgIpc) is 3.16. The quantitative estimate of drug-likeness (QED) is 0.0842. The zero-order valence-corrected chi connectivity index (χ0v) is 34.0. The molecule has 0 aromatic heterocycles. The normalized spacial score (nSPS) is 30.6. The predicted octanol–water partition coefficient (Wildman–Crippen LogP) is 6.15. The predicted molar refractivity (Wildman–Crippen MR) is 207 cm³/mol. The van der Waals surface area contributed by atoms with Crippen LogP contribution in [0.5, 0.6) is 0 Å². The van der Waals surface area contributed by atoms with E-state index in [9.17, 15) is 29.4 Å². The first-order chi connectivity index (χ1) is 25.7. The van der Waals surface area contributed by atoms with Crippen LogP contribution in [0.15, 0.2) is 37.5 Å². The van der Waals surface area contributed by atoms with Crippen LogP contribution in [0.3, 0.4) is 0 Å². The van der Waals surface area contributed by atoms with Gasteiger partial charge < -0.3 is 34.1 Å². The molecule has 306 valence electrons. The molecule has 2 N–H and O–H groups in total. The van der Waals surface area contributed by atoms with Crippen molar-refractivity contribution in [2.75, 3.05) is 20.8 Å². The Kier molecular flexibility index (Phi) is 18.2. The van der Waals surface area contributed by atoms with Gasteiger partial charge in [-0.25, -0.2) is 4.79 Å². The second kappa shape index (κ2) is 21.6. The minimum Gasteiger partial charge on any atom is -0.460 e. The Balaban J connectivity index is 1.86. The molecule has 3 fully saturated rings. The van der Waals surface area contributed by atoms with Crippen LogP contribution < -0.4 is 0 Å². The summed E-state index contributed by atoms with van der Waals surface area (Å²) in [7, 11) is 3.25. The highest BCUT2D eigenvalue weighted by atomic mass is 16.6. The van der Waals surface area contributed by atoms with Gasteiger partial charge in [-0.2, -0.15) is 0 Å². The number of nitrogens with zero attached hydrogens (tertiary/aromatic N) is 1. The van der Waals surface area contributed by atoms with E-state index in [0.29, 0.717) is 50.4 Å². The van der Waals surface area contributed by atoms with Crippen molar-refractivity contribution in [2.24, 2.45) is 35.5 Å². The van der Waals surface area contributed by atoms with Crippen molar-refractivity contribution < 1.29 is 48.3 Å². The number of piperidine rings is 1. The highest BCUT2D eigenvalue weighted by Crippen LogP contribution is 2.38. The minimum atomic E-state index is -2.39. The largest absolute Gasteiger partial charge is 0.460 e. The zero-order chi connectivity index (χ0) is 40.2. The number of esters is 1. The van der Waals surface area contributed by atoms with Crippen molar-refractivity contribution in [3.63, 3.8) is 0 Å². The summed E-state index contributed by atoms with van der Waals surface area (Å²) < 4.78 is 23.6. The molecule has 1 unspecified atom stereocenters. The fraction of sp³-hybridized carbons (Fsp3) is 0.767. The van der Waals surface area contributed by atoms with E-state index in [1.807, 2.05) is 13.8 Å². The van der Waals surface area contributed by atoms with E-state index >= 15 is 0 Å². The fourth-order valence-corrected chi connectivity index (χ4v) is 8.83. The van der Waals surface area contributed by atoms with Gasteiger partial charge in [0.25, 0.3) is 11.7 Å². The molecule has 11 nitrogen and oxygen atoms in total. The molecular weight excluding hydrogens is 690 g/mol. The minimum absolute atomic E-state index is 0.111. The summed E-state index contributed by atoms with van der Waals surface area (Å²) in [6.07, 6.45) is 10.9. The van der Waals surface area contributed by atoms with E-state index in [1.54, 1.807) is 45.3 Å². The smallest absolute Gasteiger partial charge is 0.329 e. The third-order valence-electron chi connectivity index (χ3n) is 12.4. The molecule has 12 atom stereocenters. The maximum absolute atomic E-state index is 14.2. The van der Waals surface area contributed by atoms with E-state index in [0.717, 1.165) is 25.7 Å². The number of allylic oxidation sites excluding steroid dienone is 3. The van der Waals surface area contributed by atoms with Crippen molar-refractivity contribution in [3.05, 3.63) is 37.5 Å². The number of carbonyl (C=O) groups is 4. The van der Waals surface area contributed by atoms with Crippen molar-refractivity contribution in [2.45, 2.75) is 154 Å². The van der Waals surface area contributed by atoms with Crippen molar-refractivity contribution in [1.29, 1.82) is 0 Å². The number of ether oxygens (including phenoxy) is 4. The number of amides is 1. The summed E-state index contributed by atoms with van der Waals surface area (Å²) in [6.45, 7) is 17.2. The Morgan fingerprint density at radius 3 is 2.30 bits per heavy atom. The molecule has 2 aliphatic heterocycles. The molecule has 0 spiro atoms. The van der Waals surface area contributed by atoms with E-state index in [2.05, 4.69) is 20.1 Å². The Morgan fingerprint density at radius 2 is 1.69 bits per heavy atom. The summed E-state index contributed by atoms with van der Waals surface area (Å²) in [5, 5.41) is 23.2. The number of carbonyl (C=O) groups excluding carboxylic acids is 4. The Bertz CT molecular complexity index is 1290. The number of aliphatic hydroxyl groups is 2. The van der Waals surface area contributed by atoms with Gasteiger partial charge in [-0.1, -0.05) is 52.0 Å². The third-order valence-corrected chi connectivity index (χ3v) is 12.4. The third kappa shape index (κ3) is 11.4. The van der Waals surface area contributed by atoms with E-state index in [-0.39, 0.29) is 43.1 Å². The molecule has 54 heavy (non-hydrogen) atoms. The number of hydrogen-bond acceptors (Lipinski definition) is 10. The van der Waals surface area contributed by atoms with E-state index in [1.165, 1.54) is 12.0 Å². The summed E-state index contributed by atoms with van der Waals surface area (Å²) in [6, 6.07) is -1.07. The Hall–Kier alpha value is -2.70. The van der Waals surface area contributed by atoms with Gasteiger partial charge in [-0.05, 0) is 95.3 Å². The topological polar surface area (TPSA) is 149 Å². The first kappa shape index (κ1) is 45.7. The van der Waals surface area contributed by atoms with Crippen LogP contribution in [0.4, 0.5) is 0 Å². The number of methoxy groups -OCH3 is 2. The Morgan fingerprint density at radius 1 is 1.00 bits per heavy atom. The van der Waals surface area contributed by atoms with Crippen molar-refractivity contribution in [3.8, 4) is 0 Å². The van der Waals surface area contributed by atoms with Gasteiger partial charge in [0.05, 0.1) is 18.3 Å². The van der Waals surface area contributed by atoms with E-state index in [4.69, 9.17) is 18.9 Å². The monoisotopic (exact) mass is 759 g/mol. The van der Waals surface area contributed by atoms with Crippen molar-refractivity contribution in [1.82, 2.24) is 4.90 Å². The lowest BCUT2D eigenvalue weighted by molar-refractivity contribution is -0.273. The van der Waals surface area contributed by atoms with Crippen LogP contribution >= 0.6 is 0 Å². The van der Waals surface area contributed by atoms with Gasteiger partial charge >= 0.3 is 5.97 Å². The van der Waals surface area contributed by atoms with Gasteiger partial charge in [0.2, 0.25) is 5.79 Å². The molecule has 0 bridgehead atoms. The SMILES string of the molecule is C=CCC(CC=C)C(=O)C[C@H](O)[C@@H](C)[C@H](OC(=O)[C@@H]1CCCCN1C(=O)C(=O)[C@]1(O)OC([C@H](/C=C\C)OC)CC[C@H]1C)[C@H](C)C[C@@H]1CC[C@@H](C)[C@H](OC)C1. The van der Waals surface area contributed by atoms with Crippen LogP contribution in [-0.4, -0.2) is 102 Å². The molecule has 0 aromatic rings. The van der Waals surface area contributed by atoms with Gasteiger partial charge in [0.1, 0.15) is 24.0 Å². The van der Waals surface area contributed by atoms with Gasteiger partial charge in [0.15, 0.2) is 0 Å². The number of Topliss-reactive ketones (excluding diaryl/α,β-unsaturated/α-hetero) is 2. The number of aliphatic hydroxyl groups excluding tert-OH is 1. The molecular formula is C43H69NO10. The number of rotatable bonds is 20. The van der Waals surface area contributed by atoms with Crippen LogP contribution in [0.1, 0.15) is 112 Å². The van der Waals surface area contributed by atoms with Crippen molar-refractivity contribution >= 4 is 23.4 Å². The molecule has 3 aliphatic rings. The van der Waals surface area contributed by atoms with Crippen LogP contribution in [0.25, 0.3) is 0 Å². The molecule has 0 radical (unpaired) electrons. The molecule has 0 aromatic carbocycles. The lowest BCUT2D eigenvalue weighted by Crippen LogP contribution is -2.61. The molecule has 1 saturated carbocycles. The maximum Gasteiger partial charge on any atom is 0.329 e. The second-order valence-corrected chi connectivity index (χ2v) is 16.3. The highest BCUT2D eigenvalue weighted by Gasteiger charge is 2.53. The maximum atomic E-state index is 14.2. The van der Waals surface area contributed by atoms with Gasteiger partial charge in [-0.15, -0.1) is 13.2 Å². The standard InChI is InChI=1S/C43H69NO10/c1-10-15-32(16-11-2)35(46)26-34(45)30(7)39(28(5)24-31-21-19-27(4)38(25-31)52-9)53-42(49)33-18-13-14-23-44(33)41(48)40(47)43(50)29(6)20-22-37(54-43)36(51-8)17-12-3/h10-12,17,27-34,36-39,45,50H,1-2,13-16,18-26H2,3-9H3/b17-12-/t27-,28-,29-,30-,31+,33+,34+,36+,37?,38-,39-,43-/m1/s1. The van der Waals surface area contributed by atoms with Gasteiger partial charge in [-0.3, -0.25) is 14.4 Å². The highest BCUT2D eigenvalue weighted by molar-refractivity contribution is 6.39. The number of ketones is 2. The molecule has 1 aliphatic carbocycles. The van der Waals surface area contributed by atoms with Crippen LogP contribution in [0.2, 0.25) is 0 Å². The second-order valence-electron chi connectivity index (χ2n) is 16.3. The zero-order valence-electron chi connectivity index (χ0n) is 34.0. The number of hydrogen-bond donors (Lipinski definition) is 2. The Labute approximate surface area is 323 Å². The fourth-order valence-electron chi connectivity index (χ4n) is 8.83. The molecule has 2 saturated heterocycles. The summed E-state index contributed by atoms with van der Waals surface area (Å²) in [4.78, 5) is 56.7. The summed E-state index contributed by atoms with van der Waals surface area (Å²) in [5.74, 6) is -6.35. The molecule has 2 heterocycles.